The minimum Gasteiger partial charge on any atom is -0.269 e. The number of anilines is 1. The average molecular weight is 245 g/mol. The van der Waals surface area contributed by atoms with E-state index < -0.39 is 0 Å². The molecule has 1 aromatic carbocycles. The predicted octanol–water partition coefficient (Wildman–Crippen LogP) is 2.06. The Kier molecular flexibility index (Phi) is 3.44. The summed E-state index contributed by atoms with van der Waals surface area (Å²) in [7, 11) is 0. The van der Waals surface area contributed by atoms with Gasteiger partial charge in [0.25, 0.3) is 11.8 Å². The predicted molar refractivity (Wildman–Crippen MR) is 71.0 cm³/mol. The molecule has 0 unspecified atom stereocenters. The Labute approximate surface area is 105 Å². The topological polar surface area (TPSA) is 37.4 Å². The zero-order chi connectivity index (χ0) is 12.3. The third-order valence-corrected chi connectivity index (χ3v) is 2.59. The van der Waals surface area contributed by atoms with Crippen LogP contribution in [-0.4, -0.2) is 17.6 Å². The van der Waals surface area contributed by atoms with Gasteiger partial charge in [-0.2, -0.15) is 12.6 Å². The van der Waals surface area contributed by atoms with Gasteiger partial charge in [0.05, 0.1) is 5.69 Å². The molecule has 0 aromatic heterocycles. The molecule has 2 amide bonds. The van der Waals surface area contributed by atoms with E-state index in [1.165, 1.54) is 12.2 Å². The SMILES string of the molecule is O=C1C=CC(=O)N1c1ccc(C=CCS)cc1. The number of carbonyl (C=O) groups excluding carboxylic acids is 2. The van der Waals surface area contributed by atoms with Crippen LogP contribution in [0.1, 0.15) is 5.56 Å². The second kappa shape index (κ2) is 5.01. The lowest BCUT2D eigenvalue weighted by molar-refractivity contribution is -0.119. The quantitative estimate of drug-likeness (QED) is 0.654. The summed E-state index contributed by atoms with van der Waals surface area (Å²) in [6.07, 6.45) is 6.41. The third kappa shape index (κ3) is 2.47. The van der Waals surface area contributed by atoms with Crippen molar-refractivity contribution < 1.29 is 9.59 Å². The number of thiol groups is 1. The molecule has 3 nitrogen and oxygen atoms in total. The van der Waals surface area contributed by atoms with E-state index in [0.717, 1.165) is 10.5 Å². The summed E-state index contributed by atoms with van der Waals surface area (Å²) in [5.74, 6) is 0.0803. The standard InChI is InChI=1S/C13H11NO2S/c15-12-7-8-13(16)14(12)11-5-3-10(4-6-11)2-1-9-17/h1-8,17H,9H2. The Balaban J connectivity index is 2.21. The van der Waals surface area contributed by atoms with E-state index in [-0.39, 0.29) is 11.8 Å². The lowest BCUT2D eigenvalue weighted by atomic mass is 10.2. The molecule has 0 aliphatic carbocycles. The summed E-state index contributed by atoms with van der Waals surface area (Å²) < 4.78 is 0. The minimum atomic E-state index is -0.298. The van der Waals surface area contributed by atoms with Crippen LogP contribution in [0.3, 0.4) is 0 Å². The highest BCUT2D eigenvalue weighted by molar-refractivity contribution is 7.80. The fourth-order valence-electron chi connectivity index (χ4n) is 1.58. The molecule has 0 N–H and O–H groups in total. The highest BCUT2D eigenvalue weighted by Crippen LogP contribution is 2.19. The lowest BCUT2D eigenvalue weighted by Gasteiger charge is -2.13. The Bertz CT molecular complexity index is 485. The van der Waals surface area contributed by atoms with Crippen molar-refractivity contribution in [2.24, 2.45) is 0 Å². The van der Waals surface area contributed by atoms with Crippen LogP contribution >= 0.6 is 12.6 Å². The molecule has 0 saturated heterocycles. The maximum Gasteiger partial charge on any atom is 0.258 e. The van der Waals surface area contributed by atoms with Gasteiger partial charge in [-0.1, -0.05) is 24.3 Å². The van der Waals surface area contributed by atoms with E-state index in [1.54, 1.807) is 12.1 Å². The molecule has 4 heteroatoms. The number of benzene rings is 1. The fraction of sp³-hybridized carbons (Fsp3) is 0.0769. The summed E-state index contributed by atoms with van der Waals surface area (Å²) in [6, 6.07) is 7.21. The second-order valence-electron chi connectivity index (χ2n) is 3.52. The van der Waals surface area contributed by atoms with Crippen molar-refractivity contribution in [1.29, 1.82) is 0 Å². The van der Waals surface area contributed by atoms with E-state index in [2.05, 4.69) is 12.6 Å². The van der Waals surface area contributed by atoms with Gasteiger partial charge in [-0.25, -0.2) is 4.90 Å². The van der Waals surface area contributed by atoms with Gasteiger partial charge in [0, 0.05) is 17.9 Å². The van der Waals surface area contributed by atoms with Crippen molar-refractivity contribution in [3.63, 3.8) is 0 Å². The zero-order valence-corrected chi connectivity index (χ0v) is 9.93. The number of carbonyl (C=O) groups is 2. The van der Waals surface area contributed by atoms with Crippen LogP contribution in [0.5, 0.6) is 0 Å². The first-order chi connectivity index (χ1) is 8.22. The average Bonchev–Trinajstić information content (AvgIpc) is 2.67. The number of rotatable bonds is 3. The van der Waals surface area contributed by atoms with Crippen molar-refractivity contribution in [2.45, 2.75) is 0 Å². The molecule has 86 valence electrons. The Morgan fingerprint density at radius 2 is 1.65 bits per heavy atom. The van der Waals surface area contributed by atoms with Crippen molar-refractivity contribution >= 4 is 36.2 Å². The molecular weight excluding hydrogens is 234 g/mol. The normalized spacial score (nSPS) is 15.2. The molecule has 0 fully saturated rings. The second-order valence-corrected chi connectivity index (χ2v) is 3.89. The number of hydrogen-bond donors (Lipinski definition) is 1. The molecule has 1 aromatic rings. The molecule has 1 heterocycles. The number of imide groups is 1. The van der Waals surface area contributed by atoms with Crippen LogP contribution in [0.2, 0.25) is 0 Å². The van der Waals surface area contributed by atoms with Gasteiger partial charge in [0.15, 0.2) is 0 Å². The monoisotopic (exact) mass is 245 g/mol. The number of amides is 2. The van der Waals surface area contributed by atoms with Gasteiger partial charge in [0.2, 0.25) is 0 Å². The van der Waals surface area contributed by atoms with Crippen LogP contribution in [0.25, 0.3) is 6.08 Å². The van der Waals surface area contributed by atoms with Crippen molar-refractivity contribution in [1.82, 2.24) is 0 Å². The van der Waals surface area contributed by atoms with Gasteiger partial charge >= 0.3 is 0 Å². The molecule has 1 aliphatic heterocycles. The molecule has 2 rings (SSSR count). The summed E-state index contributed by atoms with van der Waals surface area (Å²) in [5, 5.41) is 0. The van der Waals surface area contributed by atoms with Crippen molar-refractivity contribution in [3.05, 3.63) is 48.1 Å². The molecule has 17 heavy (non-hydrogen) atoms. The van der Waals surface area contributed by atoms with Crippen LogP contribution in [0.4, 0.5) is 5.69 Å². The van der Waals surface area contributed by atoms with Gasteiger partial charge in [0.1, 0.15) is 0 Å². The van der Waals surface area contributed by atoms with E-state index in [4.69, 9.17) is 0 Å². The summed E-state index contributed by atoms with van der Waals surface area (Å²) in [4.78, 5) is 24.0. The summed E-state index contributed by atoms with van der Waals surface area (Å²) in [6.45, 7) is 0. The van der Waals surface area contributed by atoms with Crippen LogP contribution in [0, 0.1) is 0 Å². The van der Waals surface area contributed by atoms with E-state index >= 15 is 0 Å². The van der Waals surface area contributed by atoms with E-state index in [1.807, 2.05) is 24.3 Å². The molecule has 0 saturated carbocycles. The fourth-order valence-corrected chi connectivity index (χ4v) is 1.68. The maximum atomic E-state index is 11.4. The summed E-state index contributed by atoms with van der Waals surface area (Å²) in [5.41, 5.74) is 1.60. The molecule has 0 spiro atoms. The Hall–Kier alpha value is -1.81. The summed E-state index contributed by atoms with van der Waals surface area (Å²) >= 11 is 4.07. The molecule has 1 aliphatic rings. The number of nitrogens with zero attached hydrogens (tertiary/aromatic N) is 1. The first kappa shape index (κ1) is 11.7. The maximum absolute atomic E-state index is 11.4. The van der Waals surface area contributed by atoms with E-state index in [9.17, 15) is 9.59 Å². The minimum absolute atomic E-state index is 0.298. The Morgan fingerprint density at radius 1 is 1.06 bits per heavy atom. The first-order valence-corrected chi connectivity index (χ1v) is 5.79. The molecule has 0 bridgehead atoms. The highest BCUT2D eigenvalue weighted by atomic mass is 32.1. The molecule has 0 radical (unpaired) electrons. The van der Waals surface area contributed by atoms with Crippen LogP contribution < -0.4 is 4.90 Å². The molecular formula is C13H11NO2S. The van der Waals surface area contributed by atoms with Crippen LogP contribution in [0.15, 0.2) is 42.5 Å². The molecule has 0 atom stereocenters. The Morgan fingerprint density at radius 3 is 2.18 bits per heavy atom. The first-order valence-electron chi connectivity index (χ1n) is 5.16. The van der Waals surface area contributed by atoms with Crippen molar-refractivity contribution in [2.75, 3.05) is 10.7 Å². The third-order valence-electron chi connectivity index (χ3n) is 2.38. The van der Waals surface area contributed by atoms with Gasteiger partial charge in [-0.3, -0.25) is 9.59 Å². The highest BCUT2D eigenvalue weighted by Gasteiger charge is 2.24. The van der Waals surface area contributed by atoms with E-state index in [0.29, 0.717) is 11.4 Å². The lowest BCUT2D eigenvalue weighted by Crippen LogP contribution is -2.29. The largest absolute Gasteiger partial charge is 0.269 e. The zero-order valence-electron chi connectivity index (χ0n) is 9.04. The van der Waals surface area contributed by atoms with Gasteiger partial charge in [-0.05, 0) is 17.7 Å². The number of hydrogen-bond acceptors (Lipinski definition) is 3. The van der Waals surface area contributed by atoms with Gasteiger partial charge < -0.3 is 0 Å². The van der Waals surface area contributed by atoms with Gasteiger partial charge in [-0.15, -0.1) is 0 Å². The van der Waals surface area contributed by atoms with Crippen molar-refractivity contribution in [3.8, 4) is 0 Å². The van der Waals surface area contributed by atoms with Crippen LogP contribution in [-0.2, 0) is 9.59 Å². The smallest absolute Gasteiger partial charge is 0.258 e.